The highest BCUT2D eigenvalue weighted by atomic mass is 16.6. The van der Waals surface area contributed by atoms with Gasteiger partial charge >= 0.3 is 7.40 Å². The van der Waals surface area contributed by atoms with Gasteiger partial charge in [-0.15, -0.1) is 0 Å². The Balaban J connectivity index is 0.000000290. The van der Waals surface area contributed by atoms with Crippen molar-refractivity contribution in [3.8, 4) is 0 Å². The molecule has 1 aliphatic heterocycles. The summed E-state index contributed by atoms with van der Waals surface area (Å²) >= 11 is 0. The van der Waals surface area contributed by atoms with Crippen LogP contribution in [0, 0.1) is 0 Å². The van der Waals surface area contributed by atoms with Gasteiger partial charge in [-0.1, -0.05) is 30.3 Å². The molecular weight excluding hydrogens is 320 g/mol. The molecule has 0 amide bonds. The molecule has 1 aromatic carbocycles. The minimum Gasteiger partial charge on any atom is -0.428 e. The summed E-state index contributed by atoms with van der Waals surface area (Å²) in [6.45, 7) is 7.74. The number of esters is 1. The van der Waals surface area contributed by atoms with Crippen LogP contribution in [0.25, 0.3) is 0 Å². The summed E-state index contributed by atoms with van der Waals surface area (Å²) in [6.07, 6.45) is -0.518. The Bertz CT molecular complexity index is 721. The molecule has 2 aliphatic rings. The number of allylic oxidation sites excluding steroid dienone is 1. The minimum atomic E-state index is -1.00. The third-order valence-corrected chi connectivity index (χ3v) is 4.64. The summed E-state index contributed by atoms with van der Waals surface area (Å²) in [4.78, 5) is 22.0. The van der Waals surface area contributed by atoms with Gasteiger partial charge in [0.1, 0.15) is 0 Å². The predicted octanol–water partition coefficient (Wildman–Crippen LogP) is 3.19. The molecule has 0 spiro atoms. The number of hydrogen-bond acceptors (Lipinski definition) is 5. The zero-order valence-corrected chi connectivity index (χ0v) is 15.0. The van der Waals surface area contributed by atoms with Gasteiger partial charge in [-0.3, -0.25) is 4.79 Å². The quantitative estimate of drug-likeness (QED) is 0.852. The van der Waals surface area contributed by atoms with Gasteiger partial charge in [0.15, 0.2) is 5.78 Å². The van der Waals surface area contributed by atoms with Crippen molar-refractivity contribution < 1.29 is 25.6 Å². The first-order valence-corrected chi connectivity index (χ1v) is 8.23. The maximum atomic E-state index is 11.5. The van der Waals surface area contributed by atoms with Crippen LogP contribution in [0.3, 0.4) is 0 Å². The summed E-state index contributed by atoms with van der Waals surface area (Å²) in [5.41, 5.74) is 4.23. The fourth-order valence-electron chi connectivity index (χ4n) is 2.52. The Labute approximate surface area is 149 Å². The highest BCUT2D eigenvalue weighted by Crippen LogP contribution is 2.26. The van der Waals surface area contributed by atoms with E-state index in [2.05, 4.69) is 4.74 Å². The number of ether oxygens (including phenoxy) is 2. The Morgan fingerprint density at radius 2 is 1.72 bits per heavy atom. The lowest BCUT2D eigenvalue weighted by atomic mass is 10.2. The third kappa shape index (κ3) is 4.65. The third-order valence-electron chi connectivity index (χ3n) is 4.64. The van der Waals surface area contributed by atoms with Crippen LogP contribution in [0.5, 0.6) is 0 Å². The first kappa shape index (κ1) is 19.1. The fraction of sp³-hybridized carbons (Fsp3) is 0.400. The average Bonchev–Trinajstić information content (AvgIpc) is 2.98. The van der Waals surface area contributed by atoms with Crippen LogP contribution in [0.4, 0.5) is 0 Å². The van der Waals surface area contributed by atoms with Gasteiger partial charge in [0.2, 0.25) is 6.29 Å². The van der Waals surface area contributed by atoms with Gasteiger partial charge < -0.3 is 14.6 Å². The number of rotatable bonds is 3. The van der Waals surface area contributed by atoms with E-state index in [4.69, 9.17) is 9.84 Å². The van der Waals surface area contributed by atoms with Crippen molar-refractivity contribution in [3.63, 3.8) is 0 Å². The van der Waals surface area contributed by atoms with Crippen LogP contribution >= 0.6 is 0 Å². The Morgan fingerprint density at radius 3 is 2.12 bits per heavy atom. The van der Waals surface area contributed by atoms with E-state index in [0.29, 0.717) is 24.2 Å². The monoisotopic (exact) mass is 345 g/mol. The molecule has 0 radical (unpaired) electrons. The molecule has 2 atom stereocenters. The maximum absolute atomic E-state index is 11.5. The fourth-order valence-corrected chi connectivity index (χ4v) is 2.52. The van der Waals surface area contributed by atoms with Crippen LogP contribution in [0.1, 0.15) is 41.1 Å². The molecule has 1 N–H and O–H groups in total. The number of carbonyl (C=O) groups excluding carboxylic acids is 2. The van der Waals surface area contributed by atoms with E-state index < -0.39 is 12.3 Å². The highest BCUT2D eigenvalue weighted by molar-refractivity contribution is 5.98. The second-order valence-corrected chi connectivity index (χ2v) is 6.29. The van der Waals surface area contributed by atoms with E-state index in [9.17, 15) is 9.59 Å². The van der Waals surface area contributed by atoms with Gasteiger partial charge in [0.25, 0.3) is 0 Å². The molecule has 5 nitrogen and oxygen atoms in total. The Kier molecular flexibility index (Phi) is 6.28. The molecule has 1 aromatic rings. The molecule has 0 aromatic heterocycles. The first-order chi connectivity index (χ1) is 11.8. The number of benzene rings is 1. The minimum absolute atomic E-state index is 0. The lowest BCUT2D eigenvalue weighted by molar-refractivity contribution is -0.151. The summed E-state index contributed by atoms with van der Waals surface area (Å²) in [5, 5.41) is 8.84. The van der Waals surface area contributed by atoms with Crippen molar-refractivity contribution >= 4 is 11.8 Å². The van der Waals surface area contributed by atoms with E-state index in [-0.39, 0.29) is 13.3 Å². The van der Waals surface area contributed by atoms with Gasteiger partial charge in [-0.2, -0.15) is 0 Å². The van der Waals surface area contributed by atoms with E-state index in [1.807, 2.05) is 44.2 Å². The van der Waals surface area contributed by atoms with Crippen molar-refractivity contribution in [3.05, 3.63) is 58.2 Å². The molecule has 1 aliphatic carbocycles. The number of aliphatic hydroxyl groups excluding tert-OH is 1. The van der Waals surface area contributed by atoms with Crippen molar-refractivity contribution in [1.29, 1.82) is 0 Å². The van der Waals surface area contributed by atoms with E-state index in [1.54, 1.807) is 13.8 Å². The highest BCUT2D eigenvalue weighted by Gasteiger charge is 2.27. The molecule has 0 bridgehead atoms. The normalized spacial score (nSPS) is 22.9. The molecular formula is C20H25O5+. The summed E-state index contributed by atoms with van der Waals surface area (Å²) in [5.74, 6) is -0.199. The van der Waals surface area contributed by atoms with Gasteiger partial charge in [-0.25, -0.2) is 4.79 Å². The molecule has 0 saturated heterocycles. The number of hydrogen-bond donors (Lipinski definition) is 1. The summed E-state index contributed by atoms with van der Waals surface area (Å²) < 4.78 is 10.2. The number of Topliss-reactive ketones (excluding diaryl/α,β-unsaturated/α-hetero) is 1. The van der Waals surface area contributed by atoms with Crippen molar-refractivity contribution in [2.75, 3.05) is 0 Å². The molecule has 5 heteroatoms. The standard InChI is InChI=1S/C14H16O2.C6H8O3/c1-10-11(2)14(8-13(10)15)16-9-12-6-4-3-5-7-12;1-3-4(2)6(8)9-5(3)7/h3-7,14H,8-9H2,1-2H3;5,7H,1-2H3/p+1. The number of carbonyl (C=O) groups is 2. The lowest BCUT2D eigenvalue weighted by Crippen LogP contribution is -2.11. The number of cyclic esters (lactones) is 1. The van der Waals surface area contributed by atoms with Crippen LogP contribution in [0.15, 0.2) is 52.6 Å². The van der Waals surface area contributed by atoms with Crippen LogP contribution < -0.4 is 0 Å². The molecule has 0 saturated carbocycles. The zero-order chi connectivity index (χ0) is 18.6. The molecule has 3 rings (SSSR count). The summed E-state index contributed by atoms with van der Waals surface area (Å²) in [6, 6.07) is 10.0. The first-order valence-electron chi connectivity index (χ1n) is 8.23. The zero-order valence-electron chi connectivity index (χ0n) is 16.0. The Morgan fingerprint density at radius 1 is 1.08 bits per heavy atom. The van der Waals surface area contributed by atoms with E-state index >= 15 is 0 Å². The van der Waals surface area contributed by atoms with Gasteiger partial charge in [0.05, 0.1) is 12.7 Å². The largest absolute Gasteiger partial charge is 1.00 e. The average molecular weight is 345 g/mol. The van der Waals surface area contributed by atoms with E-state index in [1.165, 1.54) is 0 Å². The van der Waals surface area contributed by atoms with Gasteiger partial charge in [0, 0.05) is 17.6 Å². The van der Waals surface area contributed by atoms with Crippen molar-refractivity contribution in [1.82, 2.24) is 0 Å². The topological polar surface area (TPSA) is 72.8 Å². The molecule has 2 unspecified atom stereocenters. The summed E-state index contributed by atoms with van der Waals surface area (Å²) in [7, 11) is 0. The van der Waals surface area contributed by atoms with Crippen LogP contribution in [-0.4, -0.2) is 29.3 Å². The van der Waals surface area contributed by atoms with Gasteiger partial charge in [-0.05, 0) is 44.4 Å². The predicted molar refractivity (Wildman–Crippen MR) is 94.6 cm³/mol. The molecule has 1 heterocycles. The Hall–Kier alpha value is -2.24. The van der Waals surface area contributed by atoms with Crippen molar-refractivity contribution in [2.24, 2.45) is 0 Å². The number of ketones is 1. The second-order valence-electron chi connectivity index (χ2n) is 6.29. The molecule has 0 fully saturated rings. The smallest absolute Gasteiger partial charge is 0.428 e. The van der Waals surface area contributed by atoms with Crippen LogP contribution in [0.2, 0.25) is 0 Å². The molecule has 134 valence electrons. The second kappa shape index (κ2) is 8.23. The number of aliphatic hydroxyl groups is 1. The lowest BCUT2D eigenvalue weighted by Gasteiger charge is -2.12. The molecule has 25 heavy (non-hydrogen) atoms. The van der Waals surface area contributed by atoms with E-state index in [0.717, 1.165) is 16.7 Å². The van der Waals surface area contributed by atoms with Crippen LogP contribution in [-0.2, 0) is 25.7 Å². The van der Waals surface area contributed by atoms with Crippen molar-refractivity contribution in [2.45, 2.75) is 53.1 Å². The SMILES string of the molecule is CC1=C(C)C(O)OC1=O.CC1=C(C)C(OCc2ccccc2)CC1=O.[H+]. The maximum Gasteiger partial charge on any atom is 1.00 e.